The summed E-state index contributed by atoms with van der Waals surface area (Å²) in [6.45, 7) is 0.963. The number of hydrogen-bond acceptors (Lipinski definition) is 3. The van der Waals surface area contributed by atoms with Gasteiger partial charge in [-0.3, -0.25) is 10.1 Å². The van der Waals surface area contributed by atoms with Crippen molar-refractivity contribution >= 4 is 5.91 Å². The molecule has 1 saturated carbocycles. The summed E-state index contributed by atoms with van der Waals surface area (Å²) in [5.41, 5.74) is 1.90. The van der Waals surface area contributed by atoms with Crippen LogP contribution in [-0.2, 0) is 4.79 Å². The molecule has 0 radical (unpaired) electrons. The summed E-state index contributed by atoms with van der Waals surface area (Å²) < 4.78 is 18.6. The van der Waals surface area contributed by atoms with Gasteiger partial charge in [-0.15, -0.1) is 0 Å². The van der Waals surface area contributed by atoms with E-state index < -0.39 is 0 Å². The van der Waals surface area contributed by atoms with Crippen LogP contribution in [0.5, 0.6) is 5.75 Å². The third-order valence-electron chi connectivity index (χ3n) is 5.43. The molecule has 2 aromatic carbocycles. The summed E-state index contributed by atoms with van der Waals surface area (Å²) in [6, 6.07) is 13.9. The first kappa shape index (κ1) is 20.3. The fraction of sp³-hybridized carbons (Fsp3) is 0.435. The lowest BCUT2D eigenvalue weighted by Gasteiger charge is -2.23. The fourth-order valence-corrected chi connectivity index (χ4v) is 3.79. The molecule has 0 heterocycles. The zero-order chi connectivity index (χ0) is 19.8. The molecule has 0 saturated heterocycles. The minimum Gasteiger partial charge on any atom is -0.497 e. The van der Waals surface area contributed by atoms with Crippen LogP contribution in [0.1, 0.15) is 49.3 Å². The highest BCUT2D eigenvalue weighted by atomic mass is 19.1. The Morgan fingerprint density at radius 3 is 2.25 bits per heavy atom. The Balaban J connectivity index is 1.62. The van der Waals surface area contributed by atoms with Gasteiger partial charge >= 0.3 is 0 Å². The van der Waals surface area contributed by atoms with E-state index >= 15 is 0 Å². The van der Waals surface area contributed by atoms with Crippen molar-refractivity contribution in [1.82, 2.24) is 10.6 Å². The molecule has 1 atom stereocenters. The largest absolute Gasteiger partial charge is 0.497 e. The van der Waals surface area contributed by atoms with Crippen molar-refractivity contribution in [3.8, 4) is 5.75 Å². The van der Waals surface area contributed by atoms with Crippen molar-refractivity contribution in [3.63, 3.8) is 0 Å². The summed E-state index contributed by atoms with van der Waals surface area (Å²) in [7, 11) is 1.63. The SMILES string of the molecule is COc1ccc(C(NCC(=O)NCC2CCCCC2)c2ccc(F)cc2)cc1. The van der Waals surface area contributed by atoms with Crippen LogP contribution in [0.15, 0.2) is 48.5 Å². The number of ether oxygens (including phenoxy) is 1. The highest BCUT2D eigenvalue weighted by Crippen LogP contribution is 2.25. The minimum absolute atomic E-state index is 0.00815. The van der Waals surface area contributed by atoms with E-state index in [9.17, 15) is 9.18 Å². The van der Waals surface area contributed by atoms with Crippen LogP contribution < -0.4 is 15.4 Å². The van der Waals surface area contributed by atoms with Crippen LogP contribution >= 0.6 is 0 Å². The summed E-state index contributed by atoms with van der Waals surface area (Å²) >= 11 is 0. The van der Waals surface area contributed by atoms with E-state index in [4.69, 9.17) is 4.74 Å². The van der Waals surface area contributed by atoms with Gasteiger partial charge in [-0.1, -0.05) is 43.5 Å². The molecule has 1 fully saturated rings. The maximum atomic E-state index is 13.3. The number of rotatable bonds is 8. The first-order chi connectivity index (χ1) is 13.7. The predicted octanol–water partition coefficient (Wildman–Crippen LogP) is 4.21. The lowest BCUT2D eigenvalue weighted by Crippen LogP contribution is -2.38. The predicted molar refractivity (Wildman–Crippen MR) is 109 cm³/mol. The molecule has 5 heteroatoms. The van der Waals surface area contributed by atoms with Gasteiger partial charge in [-0.2, -0.15) is 0 Å². The second-order valence-corrected chi connectivity index (χ2v) is 7.45. The minimum atomic E-state index is -0.276. The first-order valence-electron chi connectivity index (χ1n) is 10.0. The van der Waals surface area contributed by atoms with Crippen molar-refractivity contribution < 1.29 is 13.9 Å². The van der Waals surface area contributed by atoms with Crippen LogP contribution in [0.2, 0.25) is 0 Å². The Labute approximate surface area is 166 Å². The lowest BCUT2D eigenvalue weighted by molar-refractivity contribution is -0.120. The fourth-order valence-electron chi connectivity index (χ4n) is 3.79. The third-order valence-corrected chi connectivity index (χ3v) is 5.43. The van der Waals surface area contributed by atoms with Crippen molar-refractivity contribution in [3.05, 3.63) is 65.5 Å². The van der Waals surface area contributed by atoms with Gasteiger partial charge < -0.3 is 10.1 Å². The van der Waals surface area contributed by atoms with E-state index in [2.05, 4.69) is 10.6 Å². The van der Waals surface area contributed by atoms with Gasteiger partial charge in [0, 0.05) is 6.54 Å². The van der Waals surface area contributed by atoms with Gasteiger partial charge in [0.1, 0.15) is 11.6 Å². The molecule has 1 unspecified atom stereocenters. The van der Waals surface area contributed by atoms with Gasteiger partial charge in [0.05, 0.1) is 19.7 Å². The van der Waals surface area contributed by atoms with E-state index in [1.165, 1.54) is 44.2 Å². The second-order valence-electron chi connectivity index (χ2n) is 7.45. The summed E-state index contributed by atoms with van der Waals surface area (Å²) in [6.07, 6.45) is 6.26. The average molecular weight is 384 g/mol. The Morgan fingerprint density at radius 1 is 1.04 bits per heavy atom. The van der Waals surface area contributed by atoms with Crippen molar-refractivity contribution in [2.45, 2.75) is 38.1 Å². The third kappa shape index (κ3) is 5.80. The topological polar surface area (TPSA) is 50.4 Å². The maximum Gasteiger partial charge on any atom is 0.233 e. The molecule has 1 aliphatic carbocycles. The monoisotopic (exact) mass is 384 g/mol. The van der Waals surface area contributed by atoms with Crippen LogP contribution in [0, 0.1) is 11.7 Å². The number of carbonyl (C=O) groups is 1. The Bertz CT molecular complexity index is 740. The number of methoxy groups -OCH3 is 1. The summed E-state index contributed by atoms with van der Waals surface area (Å²) in [4.78, 5) is 12.4. The number of nitrogens with one attached hydrogen (secondary N) is 2. The molecule has 2 aromatic rings. The molecular weight excluding hydrogens is 355 g/mol. The molecule has 1 aliphatic rings. The number of carbonyl (C=O) groups excluding carboxylic acids is 1. The molecule has 0 aromatic heterocycles. The standard InChI is InChI=1S/C23H29FN2O2/c1-28-21-13-9-19(10-14-21)23(18-7-11-20(24)12-8-18)26-16-22(27)25-15-17-5-3-2-4-6-17/h7-14,17,23,26H,2-6,15-16H2,1H3,(H,25,27). The highest BCUT2D eigenvalue weighted by Gasteiger charge is 2.17. The van der Waals surface area contributed by atoms with Gasteiger partial charge in [-0.25, -0.2) is 4.39 Å². The van der Waals surface area contributed by atoms with Crippen molar-refractivity contribution in [2.75, 3.05) is 20.2 Å². The van der Waals surface area contributed by atoms with Crippen molar-refractivity contribution in [1.29, 1.82) is 0 Å². The van der Waals surface area contributed by atoms with Crippen LogP contribution in [-0.4, -0.2) is 26.1 Å². The average Bonchev–Trinajstić information content (AvgIpc) is 2.75. The molecule has 3 rings (SSSR count). The number of halogens is 1. The quantitative estimate of drug-likeness (QED) is 0.717. The molecule has 2 N–H and O–H groups in total. The van der Waals surface area contributed by atoms with Gasteiger partial charge in [0.2, 0.25) is 5.91 Å². The van der Waals surface area contributed by atoms with E-state index in [0.717, 1.165) is 23.4 Å². The van der Waals surface area contributed by atoms with E-state index in [-0.39, 0.29) is 24.3 Å². The summed E-state index contributed by atoms with van der Waals surface area (Å²) in [5, 5.41) is 6.38. The van der Waals surface area contributed by atoms with Crippen LogP contribution in [0.3, 0.4) is 0 Å². The van der Waals surface area contributed by atoms with E-state index in [0.29, 0.717) is 5.92 Å². The molecule has 0 aliphatic heterocycles. The molecule has 150 valence electrons. The molecule has 4 nitrogen and oxygen atoms in total. The first-order valence-corrected chi connectivity index (χ1v) is 10.0. The van der Waals surface area contributed by atoms with Gasteiger partial charge in [0.15, 0.2) is 0 Å². The Morgan fingerprint density at radius 2 is 1.64 bits per heavy atom. The van der Waals surface area contributed by atoms with Gasteiger partial charge in [0.25, 0.3) is 0 Å². The lowest BCUT2D eigenvalue weighted by atomic mass is 9.89. The molecule has 0 bridgehead atoms. The van der Waals surface area contributed by atoms with Gasteiger partial charge in [-0.05, 0) is 54.2 Å². The normalized spacial score (nSPS) is 15.8. The second kappa shape index (κ2) is 10.2. The molecule has 0 spiro atoms. The molecule has 1 amide bonds. The maximum absolute atomic E-state index is 13.3. The Hall–Kier alpha value is -2.40. The number of hydrogen-bond donors (Lipinski definition) is 2. The molecular formula is C23H29FN2O2. The zero-order valence-corrected chi connectivity index (χ0v) is 16.4. The van der Waals surface area contributed by atoms with Crippen molar-refractivity contribution in [2.24, 2.45) is 5.92 Å². The number of benzene rings is 2. The molecule has 28 heavy (non-hydrogen) atoms. The Kier molecular flexibility index (Phi) is 7.43. The smallest absolute Gasteiger partial charge is 0.233 e. The zero-order valence-electron chi connectivity index (χ0n) is 16.4. The van der Waals surface area contributed by atoms with Crippen LogP contribution in [0.4, 0.5) is 4.39 Å². The summed E-state index contributed by atoms with van der Waals surface area (Å²) in [5.74, 6) is 1.09. The van der Waals surface area contributed by atoms with Crippen LogP contribution in [0.25, 0.3) is 0 Å². The number of amides is 1. The van der Waals surface area contributed by atoms with E-state index in [1.807, 2.05) is 24.3 Å². The highest BCUT2D eigenvalue weighted by molar-refractivity contribution is 5.78. The van der Waals surface area contributed by atoms with E-state index in [1.54, 1.807) is 19.2 Å².